The van der Waals surface area contributed by atoms with Crippen molar-refractivity contribution in [2.24, 2.45) is 0 Å². The maximum Gasteiger partial charge on any atom is 0.256 e. The van der Waals surface area contributed by atoms with Crippen molar-refractivity contribution in [1.29, 1.82) is 0 Å². The fourth-order valence-corrected chi connectivity index (χ4v) is 3.56. The fraction of sp³-hybridized carbons (Fsp3) is 0. The van der Waals surface area contributed by atoms with Gasteiger partial charge in [-0.2, -0.15) is 0 Å². The van der Waals surface area contributed by atoms with Crippen LogP contribution in [0.25, 0.3) is 11.6 Å². The molecule has 0 radical (unpaired) electrons. The Labute approximate surface area is 142 Å². The van der Waals surface area contributed by atoms with Crippen molar-refractivity contribution in [3.05, 3.63) is 44.3 Å². The number of aromatic hydroxyl groups is 3. The number of nitrogens with one attached hydrogen (secondary N) is 1. The molecule has 4 N–H and O–H groups in total. The Morgan fingerprint density at radius 2 is 1.64 bits per heavy atom. The molecule has 3 rings (SSSR count). The van der Waals surface area contributed by atoms with E-state index >= 15 is 0 Å². The Morgan fingerprint density at radius 1 is 1.00 bits per heavy atom. The molecule has 0 aliphatic carbocycles. The van der Waals surface area contributed by atoms with E-state index in [1.54, 1.807) is 6.07 Å². The van der Waals surface area contributed by atoms with Crippen molar-refractivity contribution >= 4 is 55.1 Å². The van der Waals surface area contributed by atoms with Crippen LogP contribution in [0.3, 0.4) is 0 Å². The van der Waals surface area contributed by atoms with Crippen molar-refractivity contribution in [3.8, 4) is 17.2 Å². The van der Waals surface area contributed by atoms with Gasteiger partial charge >= 0.3 is 0 Å². The summed E-state index contributed by atoms with van der Waals surface area (Å²) < 4.78 is 1.54. The number of phenolic OH excluding ortho intramolecular Hbond substituents is 3. The largest absolute Gasteiger partial charge is 0.504 e. The molecule has 7 heteroatoms. The molecule has 0 unspecified atom stereocenters. The van der Waals surface area contributed by atoms with E-state index in [-0.39, 0.29) is 5.91 Å². The standard InChI is InChI=1S/C15H9Br2NO4/c16-7-4-8-9(15(22)18-13(8)10(17)5-7)1-6-2-11(19)14(21)12(20)3-6/h1-5,19-21H,(H,18,22). The predicted molar refractivity (Wildman–Crippen MR) is 89.8 cm³/mol. The van der Waals surface area contributed by atoms with E-state index in [0.717, 1.165) is 8.95 Å². The first kappa shape index (κ1) is 14.9. The van der Waals surface area contributed by atoms with Gasteiger partial charge in [0.1, 0.15) is 0 Å². The summed E-state index contributed by atoms with van der Waals surface area (Å²) in [5, 5.41) is 31.2. The van der Waals surface area contributed by atoms with Crippen molar-refractivity contribution < 1.29 is 20.1 Å². The number of hydrogen-bond donors (Lipinski definition) is 4. The molecule has 0 saturated carbocycles. The van der Waals surface area contributed by atoms with Crippen LogP contribution in [0.4, 0.5) is 5.69 Å². The van der Waals surface area contributed by atoms with Crippen molar-refractivity contribution in [2.75, 3.05) is 5.32 Å². The quantitative estimate of drug-likeness (QED) is 0.412. The highest BCUT2D eigenvalue weighted by Crippen LogP contribution is 2.42. The van der Waals surface area contributed by atoms with Crippen LogP contribution in [0, 0.1) is 0 Å². The monoisotopic (exact) mass is 425 g/mol. The van der Waals surface area contributed by atoms with Gasteiger partial charge in [-0.25, -0.2) is 0 Å². The minimum absolute atomic E-state index is 0.291. The number of benzene rings is 2. The third kappa shape index (κ3) is 2.46. The van der Waals surface area contributed by atoms with Crippen LogP contribution in [-0.4, -0.2) is 21.2 Å². The highest BCUT2D eigenvalue weighted by atomic mass is 79.9. The second-order valence-electron chi connectivity index (χ2n) is 4.73. The molecule has 1 aliphatic rings. The number of carbonyl (C=O) groups is 1. The molecular weight excluding hydrogens is 418 g/mol. The van der Waals surface area contributed by atoms with E-state index in [4.69, 9.17) is 0 Å². The lowest BCUT2D eigenvalue weighted by molar-refractivity contribution is -0.110. The average molecular weight is 427 g/mol. The van der Waals surface area contributed by atoms with Gasteiger partial charge in [-0.3, -0.25) is 4.79 Å². The van der Waals surface area contributed by atoms with Gasteiger partial charge in [0.25, 0.3) is 5.91 Å². The second-order valence-corrected chi connectivity index (χ2v) is 6.50. The zero-order valence-corrected chi connectivity index (χ0v) is 14.1. The van der Waals surface area contributed by atoms with Crippen LogP contribution >= 0.6 is 31.9 Å². The number of hydrogen-bond acceptors (Lipinski definition) is 4. The molecule has 5 nitrogen and oxygen atoms in total. The van der Waals surface area contributed by atoms with Crippen LogP contribution in [-0.2, 0) is 4.79 Å². The van der Waals surface area contributed by atoms with Gasteiger partial charge in [-0.1, -0.05) is 15.9 Å². The molecule has 0 saturated heterocycles. The Hall–Kier alpha value is -1.99. The molecule has 0 atom stereocenters. The first-order valence-electron chi connectivity index (χ1n) is 6.14. The maximum atomic E-state index is 12.1. The lowest BCUT2D eigenvalue weighted by Crippen LogP contribution is -2.03. The highest BCUT2D eigenvalue weighted by molar-refractivity contribution is 9.11. The van der Waals surface area contributed by atoms with Crippen LogP contribution in [0.1, 0.15) is 11.1 Å². The van der Waals surface area contributed by atoms with E-state index in [0.29, 0.717) is 22.4 Å². The highest BCUT2D eigenvalue weighted by Gasteiger charge is 2.26. The van der Waals surface area contributed by atoms with E-state index < -0.39 is 17.2 Å². The van der Waals surface area contributed by atoms with Gasteiger partial charge in [-0.15, -0.1) is 0 Å². The summed E-state index contributed by atoms with van der Waals surface area (Å²) in [6, 6.07) is 6.14. The molecule has 22 heavy (non-hydrogen) atoms. The molecule has 1 aliphatic heterocycles. The number of anilines is 1. The topological polar surface area (TPSA) is 89.8 Å². The van der Waals surface area contributed by atoms with Crippen LogP contribution in [0.5, 0.6) is 17.2 Å². The van der Waals surface area contributed by atoms with Crippen molar-refractivity contribution in [3.63, 3.8) is 0 Å². The number of amides is 1. The molecule has 1 heterocycles. The molecule has 0 fully saturated rings. The Kier molecular flexibility index (Phi) is 3.62. The summed E-state index contributed by atoms with van der Waals surface area (Å²) in [4.78, 5) is 12.1. The maximum absolute atomic E-state index is 12.1. The van der Waals surface area contributed by atoms with Gasteiger partial charge in [0, 0.05) is 20.1 Å². The van der Waals surface area contributed by atoms with Gasteiger partial charge in [0.2, 0.25) is 0 Å². The number of fused-ring (bicyclic) bond motifs is 1. The third-order valence-corrected chi connectivity index (χ3v) is 4.31. The summed E-state index contributed by atoms with van der Waals surface area (Å²) in [5.74, 6) is -1.80. The summed E-state index contributed by atoms with van der Waals surface area (Å²) in [5.41, 5.74) is 2.13. The van der Waals surface area contributed by atoms with Crippen LogP contribution < -0.4 is 5.32 Å². The Bertz CT molecular complexity index is 823. The van der Waals surface area contributed by atoms with Gasteiger partial charge in [0.15, 0.2) is 17.2 Å². The molecular formula is C15H9Br2NO4. The summed E-state index contributed by atoms with van der Waals surface area (Å²) >= 11 is 6.76. The fourth-order valence-electron chi connectivity index (χ4n) is 2.23. The van der Waals surface area contributed by atoms with Crippen LogP contribution in [0.2, 0.25) is 0 Å². The number of carbonyl (C=O) groups excluding carboxylic acids is 1. The lowest BCUT2D eigenvalue weighted by atomic mass is 10.0. The van der Waals surface area contributed by atoms with Crippen molar-refractivity contribution in [2.45, 2.75) is 0 Å². The number of halogens is 2. The average Bonchev–Trinajstić information content (AvgIpc) is 2.74. The third-order valence-electron chi connectivity index (χ3n) is 3.23. The molecule has 112 valence electrons. The Balaban J connectivity index is 2.16. The molecule has 2 aromatic carbocycles. The molecule has 0 bridgehead atoms. The normalized spacial score (nSPS) is 15.0. The lowest BCUT2D eigenvalue weighted by Gasteiger charge is -2.04. The first-order chi connectivity index (χ1) is 10.4. The smallest absolute Gasteiger partial charge is 0.256 e. The zero-order valence-electron chi connectivity index (χ0n) is 10.9. The van der Waals surface area contributed by atoms with Crippen LogP contribution in [0.15, 0.2) is 33.2 Å². The second kappa shape index (κ2) is 5.33. The van der Waals surface area contributed by atoms with Gasteiger partial charge in [-0.05, 0) is 51.8 Å². The van der Waals surface area contributed by atoms with E-state index in [9.17, 15) is 20.1 Å². The van der Waals surface area contributed by atoms with E-state index in [1.807, 2.05) is 6.07 Å². The SMILES string of the molecule is O=C1Nc2c(Br)cc(Br)cc2C1=Cc1cc(O)c(O)c(O)c1. The predicted octanol–water partition coefficient (Wildman–Crippen LogP) is 3.82. The number of rotatable bonds is 1. The number of phenols is 3. The van der Waals surface area contributed by atoms with E-state index in [2.05, 4.69) is 37.2 Å². The van der Waals surface area contributed by atoms with Crippen molar-refractivity contribution in [1.82, 2.24) is 0 Å². The summed E-state index contributed by atoms with van der Waals surface area (Å²) in [6.45, 7) is 0. The van der Waals surface area contributed by atoms with Gasteiger partial charge < -0.3 is 20.6 Å². The molecule has 0 aromatic heterocycles. The minimum Gasteiger partial charge on any atom is -0.504 e. The summed E-state index contributed by atoms with van der Waals surface area (Å²) in [7, 11) is 0. The zero-order chi connectivity index (χ0) is 16.0. The minimum atomic E-state index is -0.594. The van der Waals surface area contributed by atoms with Gasteiger partial charge in [0.05, 0.1) is 5.69 Å². The Morgan fingerprint density at radius 3 is 2.27 bits per heavy atom. The molecule has 0 spiro atoms. The molecule has 2 aromatic rings. The van der Waals surface area contributed by atoms with E-state index in [1.165, 1.54) is 18.2 Å². The summed E-state index contributed by atoms with van der Waals surface area (Å²) in [6.07, 6.45) is 1.53. The first-order valence-corrected chi connectivity index (χ1v) is 7.73. The molecule has 1 amide bonds.